The van der Waals surface area contributed by atoms with Crippen molar-refractivity contribution in [2.75, 3.05) is 0 Å². The lowest BCUT2D eigenvalue weighted by Gasteiger charge is -2.14. The molecule has 0 aliphatic carbocycles. The Kier molecular flexibility index (Phi) is 4.61. The van der Waals surface area contributed by atoms with Crippen LogP contribution >= 0.6 is 0 Å². The molecular formula is C38H23N3. The Bertz CT molecular complexity index is 2390. The zero-order chi connectivity index (χ0) is 26.9. The molecule has 3 nitrogen and oxygen atoms in total. The van der Waals surface area contributed by atoms with E-state index in [-0.39, 0.29) is 0 Å². The predicted octanol–water partition coefficient (Wildman–Crippen LogP) is 9.85. The van der Waals surface area contributed by atoms with Crippen LogP contribution in [0.1, 0.15) is 0 Å². The van der Waals surface area contributed by atoms with Crippen LogP contribution in [-0.4, -0.2) is 14.5 Å². The van der Waals surface area contributed by atoms with Gasteiger partial charge < -0.3 is 0 Å². The normalized spacial score (nSPS) is 11.9. The van der Waals surface area contributed by atoms with Gasteiger partial charge in [0.2, 0.25) is 0 Å². The molecule has 0 radical (unpaired) electrons. The number of aromatic nitrogens is 3. The molecule has 41 heavy (non-hydrogen) atoms. The maximum absolute atomic E-state index is 5.33. The van der Waals surface area contributed by atoms with Crippen molar-refractivity contribution >= 4 is 65.2 Å². The third-order valence-electron chi connectivity index (χ3n) is 8.33. The van der Waals surface area contributed by atoms with E-state index in [9.17, 15) is 0 Å². The molecule has 2 heterocycles. The number of rotatable bonds is 2. The molecule has 2 aromatic heterocycles. The van der Waals surface area contributed by atoms with E-state index < -0.39 is 0 Å². The number of nitrogens with zero attached hydrogens (tertiary/aromatic N) is 3. The van der Waals surface area contributed by atoms with Crippen molar-refractivity contribution in [1.82, 2.24) is 14.5 Å². The van der Waals surface area contributed by atoms with Gasteiger partial charge in [0.25, 0.3) is 0 Å². The molecule has 9 rings (SSSR count). The molecule has 0 spiro atoms. The number of hydrogen-bond donors (Lipinski definition) is 0. The Labute approximate surface area is 235 Å². The van der Waals surface area contributed by atoms with E-state index in [1.165, 1.54) is 43.1 Å². The predicted molar refractivity (Wildman–Crippen MR) is 172 cm³/mol. The van der Waals surface area contributed by atoms with Gasteiger partial charge >= 0.3 is 0 Å². The van der Waals surface area contributed by atoms with Crippen LogP contribution in [0.2, 0.25) is 0 Å². The molecule has 0 N–H and O–H groups in total. The molecule has 3 heteroatoms. The van der Waals surface area contributed by atoms with Crippen molar-refractivity contribution < 1.29 is 0 Å². The van der Waals surface area contributed by atoms with Gasteiger partial charge in [-0.3, -0.25) is 4.57 Å². The van der Waals surface area contributed by atoms with Crippen LogP contribution in [0.5, 0.6) is 0 Å². The first-order valence-corrected chi connectivity index (χ1v) is 13.9. The van der Waals surface area contributed by atoms with E-state index in [2.05, 4.69) is 126 Å². The number of hydrogen-bond acceptors (Lipinski definition) is 2. The summed E-state index contributed by atoms with van der Waals surface area (Å²) in [6.45, 7) is 0. The second-order valence-corrected chi connectivity index (χ2v) is 10.6. The van der Waals surface area contributed by atoms with E-state index in [1.807, 2.05) is 18.2 Å². The second kappa shape index (κ2) is 8.48. The third-order valence-corrected chi connectivity index (χ3v) is 8.33. The lowest BCUT2D eigenvalue weighted by molar-refractivity contribution is 1.08. The molecule has 0 aliphatic heterocycles. The highest BCUT2D eigenvalue weighted by molar-refractivity contribution is 6.28. The van der Waals surface area contributed by atoms with Crippen LogP contribution in [0, 0.1) is 0 Å². The topological polar surface area (TPSA) is 30.7 Å². The monoisotopic (exact) mass is 521 g/mol. The van der Waals surface area contributed by atoms with Gasteiger partial charge in [-0.05, 0) is 62.6 Å². The molecule has 9 aromatic rings. The summed E-state index contributed by atoms with van der Waals surface area (Å²) in [5, 5.41) is 9.82. The number of benzene rings is 7. The van der Waals surface area contributed by atoms with Gasteiger partial charge in [-0.15, -0.1) is 0 Å². The minimum Gasteiger partial charge on any atom is -0.292 e. The van der Waals surface area contributed by atoms with Crippen LogP contribution in [0.4, 0.5) is 0 Å². The van der Waals surface area contributed by atoms with Crippen molar-refractivity contribution in [3.63, 3.8) is 0 Å². The summed E-state index contributed by atoms with van der Waals surface area (Å²) in [4.78, 5) is 10.6. The minimum absolute atomic E-state index is 0.838. The molecule has 0 bridgehead atoms. The molecule has 0 saturated heterocycles. The molecule has 0 amide bonds. The Balaban J connectivity index is 1.49. The van der Waals surface area contributed by atoms with Crippen molar-refractivity contribution in [3.05, 3.63) is 140 Å². The highest BCUT2D eigenvalue weighted by Gasteiger charge is 2.21. The van der Waals surface area contributed by atoms with E-state index in [0.717, 1.165) is 39.1 Å². The van der Waals surface area contributed by atoms with E-state index >= 15 is 0 Å². The van der Waals surface area contributed by atoms with Crippen LogP contribution in [0.3, 0.4) is 0 Å². The van der Waals surface area contributed by atoms with E-state index in [0.29, 0.717) is 0 Å². The smallest absolute Gasteiger partial charge is 0.165 e. The summed E-state index contributed by atoms with van der Waals surface area (Å²) in [5.74, 6) is 0.838. The van der Waals surface area contributed by atoms with Gasteiger partial charge in [0.15, 0.2) is 5.82 Å². The Morgan fingerprint density at radius 2 is 0.927 bits per heavy atom. The van der Waals surface area contributed by atoms with Gasteiger partial charge in [0, 0.05) is 16.3 Å². The van der Waals surface area contributed by atoms with E-state index in [4.69, 9.17) is 9.97 Å². The van der Waals surface area contributed by atoms with Gasteiger partial charge in [0.05, 0.1) is 22.1 Å². The van der Waals surface area contributed by atoms with Crippen LogP contribution in [-0.2, 0) is 0 Å². The first-order chi connectivity index (χ1) is 20.3. The molecule has 0 aliphatic rings. The lowest BCUT2D eigenvalue weighted by atomic mass is 10.00. The molecule has 0 atom stereocenters. The fourth-order valence-corrected chi connectivity index (χ4v) is 6.45. The summed E-state index contributed by atoms with van der Waals surface area (Å²) >= 11 is 0. The summed E-state index contributed by atoms with van der Waals surface area (Å²) < 4.78 is 2.33. The van der Waals surface area contributed by atoms with Crippen molar-refractivity contribution in [3.8, 4) is 17.1 Å². The second-order valence-electron chi connectivity index (χ2n) is 10.6. The summed E-state index contributed by atoms with van der Waals surface area (Å²) in [5.41, 5.74) is 5.94. The van der Waals surface area contributed by atoms with Crippen molar-refractivity contribution in [1.29, 1.82) is 0 Å². The maximum atomic E-state index is 5.33. The fourth-order valence-electron chi connectivity index (χ4n) is 6.45. The van der Waals surface area contributed by atoms with Crippen molar-refractivity contribution in [2.24, 2.45) is 0 Å². The largest absolute Gasteiger partial charge is 0.292 e. The third kappa shape index (κ3) is 3.26. The quantitative estimate of drug-likeness (QED) is 0.227. The maximum Gasteiger partial charge on any atom is 0.165 e. The molecular weight excluding hydrogens is 498 g/mol. The lowest BCUT2D eigenvalue weighted by Crippen LogP contribution is -2.03. The minimum atomic E-state index is 0.838. The van der Waals surface area contributed by atoms with Crippen molar-refractivity contribution in [2.45, 2.75) is 0 Å². The highest BCUT2D eigenvalue weighted by Crippen LogP contribution is 2.42. The van der Waals surface area contributed by atoms with Crippen LogP contribution < -0.4 is 0 Å². The van der Waals surface area contributed by atoms with Gasteiger partial charge in [-0.2, -0.15) is 0 Å². The zero-order valence-electron chi connectivity index (χ0n) is 22.1. The number of para-hydroxylation sites is 2. The molecule has 0 fully saturated rings. The first kappa shape index (κ1) is 22.3. The first-order valence-electron chi connectivity index (χ1n) is 13.9. The standard InChI is InChI=1S/C38H23N3/c1-2-12-27-23-28(18-17-24(27)9-1)37-38(40-32-16-8-7-15-31(32)39-37)41-33-21-19-25-10-3-5-13-29(25)35(33)36-30-14-6-4-11-26(30)20-22-34(36)41/h1-23H. The molecule has 7 aromatic carbocycles. The molecule has 0 unspecified atom stereocenters. The Hall–Kier alpha value is -5.54. The van der Waals surface area contributed by atoms with Gasteiger partial charge in [-0.25, -0.2) is 9.97 Å². The summed E-state index contributed by atoms with van der Waals surface area (Å²) in [7, 11) is 0. The SMILES string of the molecule is c1ccc2cc(-c3nc4ccccc4nc3-n3c4ccc5ccccc5c4c4c5ccccc5ccc43)ccc2c1. The highest BCUT2D eigenvalue weighted by atomic mass is 15.1. The average Bonchev–Trinajstić information content (AvgIpc) is 3.39. The van der Waals surface area contributed by atoms with Crippen LogP contribution in [0.15, 0.2) is 140 Å². The molecule has 190 valence electrons. The zero-order valence-corrected chi connectivity index (χ0v) is 22.1. The van der Waals surface area contributed by atoms with Crippen LogP contribution in [0.25, 0.3) is 82.2 Å². The molecule has 0 saturated carbocycles. The fraction of sp³-hybridized carbons (Fsp3) is 0. The Morgan fingerprint density at radius 1 is 0.415 bits per heavy atom. The summed E-state index contributed by atoms with van der Waals surface area (Å²) in [6.07, 6.45) is 0. The van der Waals surface area contributed by atoms with Gasteiger partial charge in [-0.1, -0.05) is 109 Å². The number of fused-ring (bicyclic) bond motifs is 9. The Morgan fingerprint density at radius 3 is 1.59 bits per heavy atom. The van der Waals surface area contributed by atoms with E-state index in [1.54, 1.807) is 0 Å². The summed E-state index contributed by atoms with van der Waals surface area (Å²) in [6, 6.07) is 49.5. The average molecular weight is 522 g/mol. The van der Waals surface area contributed by atoms with Gasteiger partial charge in [0.1, 0.15) is 5.69 Å².